The van der Waals surface area contributed by atoms with E-state index in [0.717, 1.165) is 5.56 Å². The third-order valence-corrected chi connectivity index (χ3v) is 3.53. The topological polar surface area (TPSA) is 33.2 Å². The zero-order chi connectivity index (χ0) is 13.8. The van der Waals surface area contributed by atoms with Gasteiger partial charge in [-0.25, -0.2) is 4.98 Å². The molecule has 98 valence electrons. The molecule has 3 nitrogen and oxygen atoms in total. The van der Waals surface area contributed by atoms with Crippen LogP contribution in [-0.2, 0) is 6.54 Å². The van der Waals surface area contributed by atoms with E-state index in [-0.39, 0.29) is 5.91 Å². The summed E-state index contributed by atoms with van der Waals surface area (Å²) in [7, 11) is 1.75. The third-order valence-electron chi connectivity index (χ3n) is 2.64. The van der Waals surface area contributed by atoms with E-state index in [1.807, 2.05) is 24.3 Å². The number of hydrogen-bond donors (Lipinski definition) is 0. The summed E-state index contributed by atoms with van der Waals surface area (Å²) in [6.45, 7) is 0.513. The van der Waals surface area contributed by atoms with Crippen LogP contribution in [0.3, 0.4) is 0 Å². The first-order valence-electron chi connectivity index (χ1n) is 5.68. The number of aromatic nitrogens is 1. The lowest BCUT2D eigenvalue weighted by atomic mass is 10.2. The number of amides is 1. The maximum Gasteiger partial charge on any atom is 0.273 e. The lowest BCUT2D eigenvalue weighted by Gasteiger charge is -2.17. The van der Waals surface area contributed by atoms with Crippen molar-refractivity contribution in [2.75, 3.05) is 7.05 Å². The summed E-state index contributed by atoms with van der Waals surface area (Å²) in [5.41, 5.74) is 1.44. The van der Waals surface area contributed by atoms with Gasteiger partial charge in [0.15, 0.2) is 0 Å². The van der Waals surface area contributed by atoms with Crippen molar-refractivity contribution in [2.24, 2.45) is 0 Å². The molecule has 1 aromatic carbocycles. The number of nitrogens with zero attached hydrogens (tertiary/aromatic N) is 2. The van der Waals surface area contributed by atoms with E-state index in [1.165, 1.54) is 0 Å². The van der Waals surface area contributed by atoms with Crippen LogP contribution in [0.1, 0.15) is 16.1 Å². The molecule has 0 fully saturated rings. The van der Waals surface area contributed by atoms with E-state index in [0.29, 0.717) is 21.7 Å². The van der Waals surface area contributed by atoms with Crippen LogP contribution >= 0.6 is 27.5 Å². The van der Waals surface area contributed by atoms with Gasteiger partial charge in [0.2, 0.25) is 0 Å². The average Bonchev–Trinajstić information content (AvgIpc) is 2.41. The molecule has 2 aromatic rings. The second-order valence-electron chi connectivity index (χ2n) is 4.12. The molecule has 0 spiro atoms. The molecule has 0 bridgehead atoms. The van der Waals surface area contributed by atoms with E-state index in [4.69, 9.17) is 11.6 Å². The van der Waals surface area contributed by atoms with Crippen molar-refractivity contribution >= 4 is 33.4 Å². The summed E-state index contributed by atoms with van der Waals surface area (Å²) >= 11 is 9.16. The maximum absolute atomic E-state index is 12.2. The van der Waals surface area contributed by atoms with E-state index >= 15 is 0 Å². The largest absolute Gasteiger partial charge is 0.336 e. The Morgan fingerprint density at radius 1 is 1.32 bits per heavy atom. The second kappa shape index (κ2) is 6.17. The molecular formula is C14H12BrClN2O. The van der Waals surface area contributed by atoms with E-state index in [2.05, 4.69) is 20.9 Å². The van der Waals surface area contributed by atoms with Gasteiger partial charge in [0, 0.05) is 29.3 Å². The molecule has 0 saturated heterocycles. The minimum Gasteiger partial charge on any atom is -0.336 e. The van der Waals surface area contributed by atoms with Crippen LogP contribution in [0.2, 0.25) is 5.02 Å². The lowest BCUT2D eigenvalue weighted by Crippen LogP contribution is -2.27. The fourth-order valence-corrected chi connectivity index (χ4v) is 2.21. The minimum atomic E-state index is -0.123. The Labute approximate surface area is 125 Å². The van der Waals surface area contributed by atoms with Crippen molar-refractivity contribution in [1.29, 1.82) is 0 Å². The molecule has 0 unspecified atom stereocenters. The number of carbonyl (C=O) groups excluding carboxylic acids is 1. The maximum atomic E-state index is 12.2. The predicted molar refractivity (Wildman–Crippen MR) is 79.2 cm³/mol. The molecule has 0 aliphatic heterocycles. The molecule has 0 saturated carbocycles. The van der Waals surface area contributed by atoms with Gasteiger partial charge >= 0.3 is 0 Å². The molecule has 0 aliphatic rings. The van der Waals surface area contributed by atoms with Gasteiger partial charge in [-0.1, -0.05) is 23.7 Å². The van der Waals surface area contributed by atoms with E-state index in [9.17, 15) is 4.79 Å². The van der Waals surface area contributed by atoms with Crippen LogP contribution < -0.4 is 0 Å². The first-order valence-corrected chi connectivity index (χ1v) is 6.85. The molecule has 2 rings (SSSR count). The standard InChI is InChI=1S/C14H12BrClN2O/c1-18(9-10-4-6-11(16)7-5-10)14(19)13-12(15)3-2-8-17-13/h2-8H,9H2,1H3. The zero-order valence-corrected chi connectivity index (χ0v) is 12.6. The first kappa shape index (κ1) is 14.0. The summed E-state index contributed by atoms with van der Waals surface area (Å²) in [4.78, 5) is 18.0. The lowest BCUT2D eigenvalue weighted by molar-refractivity contribution is 0.0778. The zero-order valence-electron chi connectivity index (χ0n) is 10.3. The van der Waals surface area contributed by atoms with Crippen LogP contribution in [-0.4, -0.2) is 22.8 Å². The van der Waals surface area contributed by atoms with Gasteiger partial charge in [-0.2, -0.15) is 0 Å². The van der Waals surface area contributed by atoms with Gasteiger partial charge in [-0.3, -0.25) is 4.79 Å². The number of halogens is 2. The molecule has 0 atom stereocenters. The highest BCUT2D eigenvalue weighted by Gasteiger charge is 2.16. The first-order chi connectivity index (χ1) is 9.08. The summed E-state index contributed by atoms with van der Waals surface area (Å²) in [5, 5.41) is 0.685. The number of carbonyl (C=O) groups is 1. The quantitative estimate of drug-likeness (QED) is 0.853. The molecule has 1 amide bonds. The Morgan fingerprint density at radius 3 is 2.63 bits per heavy atom. The molecular weight excluding hydrogens is 328 g/mol. The highest BCUT2D eigenvalue weighted by molar-refractivity contribution is 9.10. The highest BCUT2D eigenvalue weighted by Crippen LogP contribution is 2.16. The monoisotopic (exact) mass is 338 g/mol. The number of benzene rings is 1. The van der Waals surface area contributed by atoms with Gasteiger partial charge in [-0.05, 0) is 45.8 Å². The predicted octanol–water partition coefficient (Wildman–Crippen LogP) is 3.77. The summed E-state index contributed by atoms with van der Waals surface area (Å²) in [6.07, 6.45) is 1.61. The average molecular weight is 340 g/mol. The van der Waals surface area contributed by atoms with Crippen LogP contribution in [0.4, 0.5) is 0 Å². The number of pyridine rings is 1. The van der Waals surface area contributed by atoms with Crippen LogP contribution in [0.5, 0.6) is 0 Å². The highest BCUT2D eigenvalue weighted by atomic mass is 79.9. The van der Waals surface area contributed by atoms with Crippen molar-refractivity contribution < 1.29 is 4.79 Å². The van der Waals surface area contributed by atoms with Crippen molar-refractivity contribution in [1.82, 2.24) is 9.88 Å². The molecule has 0 aliphatic carbocycles. The summed E-state index contributed by atoms with van der Waals surface area (Å²) in [6, 6.07) is 11.0. The Kier molecular flexibility index (Phi) is 4.56. The summed E-state index contributed by atoms with van der Waals surface area (Å²) in [5.74, 6) is -0.123. The SMILES string of the molecule is CN(Cc1ccc(Cl)cc1)C(=O)c1ncccc1Br. The molecule has 1 heterocycles. The Morgan fingerprint density at radius 2 is 2.00 bits per heavy atom. The third kappa shape index (κ3) is 3.55. The van der Waals surface area contributed by atoms with Crippen molar-refractivity contribution in [3.8, 4) is 0 Å². The molecule has 5 heteroatoms. The van der Waals surface area contributed by atoms with Gasteiger partial charge in [0.05, 0.1) is 0 Å². The van der Waals surface area contributed by atoms with Crippen molar-refractivity contribution in [2.45, 2.75) is 6.54 Å². The summed E-state index contributed by atoms with van der Waals surface area (Å²) < 4.78 is 0.697. The van der Waals surface area contributed by atoms with E-state index in [1.54, 1.807) is 30.3 Å². The smallest absolute Gasteiger partial charge is 0.273 e. The van der Waals surface area contributed by atoms with Crippen molar-refractivity contribution in [3.05, 3.63) is 63.3 Å². The molecule has 0 radical (unpaired) electrons. The van der Waals surface area contributed by atoms with Crippen LogP contribution in [0.25, 0.3) is 0 Å². The van der Waals surface area contributed by atoms with E-state index < -0.39 is 0 Å². The number of rotatable bonds is 3. The Balaban J connectivity index is 2.12. The van der Waals surface area contributed by atoms with Crippen molar-refractivity contribution in [3.63, 3.8) is 0 Å². The Hall–Kier alpha value is -1.39. The second-order valence-corrected chi connectivity index (χ2v) is 5.41. The fourth-order valence-electron chi connectivity index (χ4n) is 1.66. The van der Waals surface area contributed by atoms with Gasteiger partial charge in [0.1, 0.15) is 5.69 Å². The van der Waals surface area contributed by atoms with Gasteiger partial charge in [0.25, 0.3) is 5.91 Å². The minimum absolute atomic E-state index is 0.123. The Bertz CT molecular complexity index is 586. The van der Waals surface area contributed by atoms with Gasteiger partial charge in [-0.15, -0.1) is 0 Å². The van der Waals surface area contributed by atoms with Gasteiger partial charge < -0.3 is 4.90 Å². The molecule has 0 N–H and O–H groups in total. The van der Waals surface area contributed by atoms with Crippen LogP contribution in [0.15, 0.2) is 47.1 Å². The molecule has 19 heavy (non-hydrogen) atoms. The number of hydrogen-bond acceptors (Lipinski definition) is 2. The van der Waals surface area contributed by atoms with Crippen LogP contribution in [0, 0.1) is 0 Å². The molecule has 1 aromatic heterocycles. The fraction of sp³-hybridized carbons (Fsp3) is 0.143. The normalized spacial score (nSPS) is 10.3.